The molecular weight excluding hydrogens is 483 g/mol. The van der Waals surface area contributed by atoms with E-state index < -0.39 is 40.8 Å². The average Bonchev–Trinajstić information content (AvgIpc) is 2.75. The zero-order valence-electron chi connectivity index (χ0n) is 17.4. The predicted octanol–water partition coefficient (Wildman–Crippen LogP) is 8.58. The third-order valence-electron chi connectivity index (χ3n) is 4.69. The molecule has 0 aromatic heterocycles. The molecule has 0 unspecified atom stereocenters. The summed E-state index contributed by atoms with van der Waals surface area (Å²) in [5, 5.41) is -5.66. The number of halogens is 9. The van der Waals surface area contributed by atoms with Gasteiger partial charge >= 0.3 is 23.3 Å². The zero-order chi connectivity index (χ0) is 24.9. The van der Waals surface area contributed by atoms with Crippen molar-refractivity contribution in [2.24, 2.45) is 0 Å². The molecule has 33 heavy (non-hydrogen) atoms. The Bertz CT molecular complexity index is 878. The Hall–Kier alpha value is -2.04. The highest BCUT2D eigenvalue weighted by atomic mass is 32.2. The van der Waals surface area contributed by atoms with E-state index in [1.165, 1.54) is 24.3 Å². The molecule has 0 spiro atoms. The highest BCUT2D eigenvalue weighted by molar-refractivity contribution is 7.99. The van der Waals surface area contributed by atoms with Gasteiger partial charge in [0, 0.05) is 5.75 Å². The van der Waals surface area contributed by atoms with Crippen LogP contribution in [0.3, 0.4) is 0 Å². The Morgan fingerprint density at radius 3 is 1.70 bits per heavy atom. The van der Waals surface area contributed by atoms with Crippen molar-refractivity contribution in [3.63, 3.8) is 0 Å². The van der Waals surface area contributed by atoms with Crippen LogP contribution < -0.4 is 4.74 Å². The summed E-state index contributed by atoms with van der Waals surface area (Å²) in [7, 11) is 0. The molecule has 2 aromatic rings. The lowest BCUT2D eigenvalue weighted by atomic mass is 10.0. The van der Waals surface area contributed by atoms with Gasteiger partial charge in [-0.15, -0.1) is 0 Å². The number of rotatable bonds is 11. The topological polar surface area (TPSA) is 9.23 Å². The molecule has 184 valence electrons. The number of unbranched alkanes of at least 4 members (excludes halogenated alkanes) is 2. The van der Waals surface area contributed by atoms with Gasteiger partial charge in [0.25, 0.3) is 0 Å². The molecule has 0 saturated carbocycles. The van der Waals surface area contributed by atoms with E-state index >= 15 is 0 Å². The molecule has 0 N–H and O–H groups in total. The van der Waals surface area contributed by atoms with Crippen molar-refractivity contribution in [2.45, 2.75) is 55.2 Å². The summed E-state index contributed by atoms with van der Waals surface area (Å²) in [5.74, 6) is -13.7. The van der Waals surface area contributed by atoms with E-state index in [4.69, 9.17) is 4.74 Å². The standard InChI is InChI=1S/C22H21F9OS/c1-2-3-4-13-32-18-11-9-17(10-12-18)16-7-5-15(6-8-16)14-33-22(30,31)20(25,26)19(23,24)21(27,28)29/h5-12H,2-4,13-14H2,1H3. The van der Waals surface area contributed by atoms with Gasteiger partial charge in [-0.1, -0.05) is 67.9 Å². The van der Waals surface area contributed by atoms with Crippen LogP contribution >= 0.6 is 11.8 Å². The van der Waals surface area contributed by atoms with E-state index in [0.29, 0.717) is 17.9 Å². The maximum absolute atomic E-state index is 13.6. The quantitative estimate of drug-likeness (QED) is 0.224. The van der Waals surface area contributed by atoms with Crippen LogP contribution in [0.5, 0.6) is 5.75 Å². The van der Waals surface area contributed by atoms with Crippen molar-refractivity contribution in [1.82, 2.24) is 0 Å². The van der Waals surface area contributed by atoms with Crippen LogP contribution in [-0.4, -0.2) is 29.9 Å². The van der Waals surface area contributed by atoms with Crippen LogP contribution in [0.15, 0.2) is 48.5 Å². The molecule has 0 aliphatic carbocycles. The van der Waals surface area contributed by atoms with Gasteiger partial charge < -0.3 is 4.74 Å². The van der Waals surface area contributed by atoms with Crippen molar-refractivity contribution in [2.75, 3.05) is 6.61 Å². The molecule has 0 aliphatic rings. The fraction of sp³-hybridized carbons (Fsp3) is 0.455. The van der Waals surface area contributed by atoms with Crippen LogP contribution in [0.4, 0.5) is 39.5 Å². The summed E-state index contributed by atoms with van der Waals surface area (Å²) in [6.45, 7) is 2.66. The van der Waals surface area contributed by atoms with Gasteiger partial charge in [0.05, 0.1) is 6.61 Å². The summed E-state index contributed by atoms with van der Waals surface area (Å²) in [5.41, 5.74) is 1.45. The van der Waals surface area contributed by atoms with Gasteiger partial charge in [0.1, 0.15) is 5.75 Å². The zero-order valence-corrected chi connectivity index (χ0v) is 18.2. The highest BCUT2D eigenvalue weighted by Crippen LogP contribution is 2.57. The SMILES string of the molecule is CCCCCOc1ccc(-c2ccc(CSC(F)(F)C(F)(F)C(F)(F)C(F)(F)F)cc2)cc1. The molecule has 0 bridgehead atoms. The van der Waals surface area contributed by atoms with Crippen LogP contribution in [0, 0.1) is 0 Å². The molecule has 11 heteroatoms. The lowest BCUT2D eigenvalue weighted by Crippen LogP contribution is -2.59. The van der Waals surface area contributed by atoms with Gasteiger partial charge in [-0.25, -0.2) is 0 Å². The molecule has 0 amide bonds. The molecule has 2 rings (SSSR count). The number of thioether (sulfide) groups is 1. The Morgan fingerprint density at radius 2 is 1.21 bits per heavy atom. The van der Waals surface area contributed by atoms with E-state index in [-0.39, 0.29) is 5.56 Å². The number of benzene rings is 2. The monoisotopic (exact) mass is 504 g/mol. The van der Waals surface area contributed by atoms with E-state index in [2.05, 4.69) is 6.92 Å². The maximum Gasteiger partial charge on any atom is 0.460 e. The van der Waals surface area contributed by atoms with Gasteiger partial charge in [0.15, 0.2) is 0 Å². The molecule has 0 fully saturated rings. The van der Waals surface area contributed by atoms with Gasteiger partial charge in [-0.2, -0.15) is 39.5 Å². The van der Waals surface area contributed by atoms with E-state index in [1.54, 1.807) is 24.3 Å². The van der Waals surface area contributed by atoms with Crippen LogP contribution in [0.2, 0.25) is 0 Å². The molecule has 0 saturated heterocycles. The first-order valence-electron chi connectivity index (χ1n) is 9.89. The van der Waals surface area contributed by atoms with Crippen LogP contribution in [-0.2, 0) is 5.75 Å². The van der Waals surface area contributed by atoms with E-state index in [1.807, 2.05) is 0 Å². The predicted molar refractivity (Wildman–Crippen MR) is 109 cm³/mol. The summed E-state index contributed by atoms with van der Waals surface area (Å²) < 4.78 is 122. The first kappa shape index (κ1) is 27.2. The summed E-state index contributed by atoms with van der Waals surface area (Å²) in [6, 6.07) is 12.6. The molecule has 0 heterocycles. The molecular formula is C22H21F9OS. The van der Waals surface area contributed by atoms with Crippen molar-refractivity contribution in [3.05, 3.63) is 54.1 Å². The largest absolute Gasteiger partial charge is 0.494 e. The lowest BCUT2D eigenvalue weighted by molar-refractivity contribution is -0.381. The van der Waals surface area contributed by atoms with Gasteiger partial charge in [-0.3, -0.25) is 0 Å². The number of hydrogen-bond donors (Lipinski definition) is 0. The van der Waals surface area contributed by atoms with Gasteiger partial charge in [0.2, 0.25) is 0 Å². The molecule has 0 radical (unpaired) electrons. The average molecular weight is 504 g/mol. The first-order chi connectivity index (χ1) is 15.2. The third kappa shape index (κ3) is 6.30. The minimum Gasteiger partial charge on any atom is -0.494 e. The van der Waals surface area contributed by atoms with Crippen LogP contribution in [0.1, 0.15) is 31.7 Å². The van der Waals surface area contributed by atoms with Crippen molar-refractivity contribution in [1.29, 1.82) is 0 Å². The van der Waals surface area contributed by atoms with E-state index in [9.17, 15) is 39.5 Å². The van der Waals surface area contributed by atoms with E-state index in [0.717, 1.165) is 24.8 Å². The lowest BCUT2D eigenvalue weighted by Gasteiger charge is -2.33. The third-order valence-corrected chi connectivity index (χ3v) is 5.79. The second-order valence-corrected chi connectivity index (χ2v) is 8.32. The molecule has 0 aliphatic heterocycles. The second-order valence-electron chi connectivity index (χ2n) is 7.23. The smallest absolute Gasteiger partial charge is 0.460 e. The number of alkyl halides is 9. The Labute approximate surface area is 189 Å². The summed E-state index contributed by atoms with van der Waals surface area (Å²) >= 11 is -0.984. The fourth-order valence-corrected chi connectivity index (χ4v) is 3.55. The highest BCUT2D eigenvalue weighted by Gasteiger charge is 2.81. The van der Waals surface area contributed by atoms with Crippen molar-refractivity contribution in [3.8, 4) is 16.9 Å². The summed E-state index contributed by atoms with van der Waals surface area (Å²) in [6.07, 6.45) is -3.78. The fourth-order valence-electron chi connectivity index (χ4n) is 2.70. The number of ether oxygens (including phenoxy) is 1. The van der Waals surface area contributed by atoms with Gasteiger partial charge in [-0.05, 0) is 35.2 Å². The Kier molecular flexibility index (Phi) is 8.64. The van der Waals surface area contributed by atoms with Crippen LogP contribution in [0.25, 0.3) is 11.1 Å². The molecule has 0 atom stereocenters. The minimum absolute atomic E-state index is 0.0467. The first-order valence-corrected chi connectivity index (χ1v) is 10.9. The maximum atomic E-state index is 13.6. The molecule has 1 nitrogen and oxygen atoms in total. The molecule has 2 aromatic carbocycles. The summed E-state index contributed by atoms with van der Waals surface area (Å²) in [4.78, 5) is 0. The Morgan fingerprint density at radius 1 is 0.697 bits per heavy atom. The van der Waals surface area contributed by atoms with Crippen molar-refractivity contribution < 1.29 is 44.3 Å². The Balaban J connectivity index is 2.02. The number of hydrogen-bond acceptors (Lipinski definition) is 2. The van der Waals surface area contributed by atoms with Crippen molar-refractivity contribution >= 4 is 11.8 Å². The normalized spacial score (nSPS) is 13.3. The second kappa shape index (κ2) is 10.5. The minimum atomic E-state index is -6.88.